The summed E-state index contributed by atoms with van der Waals surface area (Å²) in [7, 11) is 0. The van der Waals surface area contributed by atoms with Gasteiger partial charge in [0.15, 0.2) is 23.1 Å². The average molecular weight is 729 g/mol. The molecule has 0 amide bonds. The van der Waals surface area contributed by atoms with Gasteiger partial charge in [-0.15, -0.1) is 0 Å². The maximum absolute atomic E-state index is 6.45. The Morgan fingerprint density at radius 1 is 0.281 bits per heavy atom. The molecule has 0 saturated heterocycles. The Morgan fingerprint density at radius 2 is 0.719 bits per heavy atom. The van der Waals surface area contributed by atoms with Crippen molar-refractivity contribution in [3.63, 3.8) is 0 Å². The summed E-state index contributed by atoms with van der Waals surface area (Å²) in [6, 6.07) is 67.1. The van der Waals surface area contributed by atoms with Crippen molar-refractivity contribution >= 4 is 43.4 Å². The van der Waals surface area contributed by atoms with Gasteiger partial charge in [0, 0.05) is 27.8 Å². The van der Waals surface area contributed by atoms with Gasteiger partial charge in [-0.1, -0.05) is 170 Å². The zero-order chi connectivity index (χ0) is 37.7. The first-order chi connectivity index (χ1) is 28.2. The van der Waals surface area contributed by atoms with Crippen LogP contribution in [0.1, 0.15) is 0 Å². The summed E-state index contributed by atoms with van der Waals surface area (Å²) < 4.78 is 6.45. The van der Waals surface area contributed by atoms with Crippen LogP contribution in [-0.2, 0) is 0 Å². The summed E-state index contributed by atoms with van der Waals surface area (Å²) in [5, 5.41) is 7.57. The van der Waals surface area contributed by atoms with E-state index in [1.165, 1.54) is 32.3 Å². The van der Waals surface area contributed by atoms with Crippen molar-refractivity contribution in [1.82, 2.24) is 19.9 Å². The number of para-hydroxylation sites is 1. The van der Waals surface area contributed by atoms with Crippen LogP contribution in [-0.4, -0.2) is 19.9 Å². The van der Waals surface area contributed by atoms with Crippen molar-refractivity contribution in [3.8, 4) is 67.9 Å². The molecular formula is C52H32N4O. The van der Waals surface area contributed by atoms with Crippen LogP contribution in [0.2, 0.25) is 0 Å². The van der Waals surface area contributed by atoms with Crippen LogP contribution < -0.4 is 0 Å². The number of oxazole rings is 1. The molecule has 11 rings (SSSR count). The quantitative estimate of drug-likeness (QED) is 0.160. The van der Waals surface area contributed by atoms with E-state index in [1.54, 1.807) is 0 Å². The summed E-state index contributed by atoms with van der Waals surface area (Å²) in [6.45, 7) is 0. The molecular weight excluding hydrogens is 697 g/mol. The lowest BCUT2D eigenvalue weighted by Gasteiger charge is -2.12. The van der Waals surface area contributed by atoms with Gasteiger partial charge in [-0.3, -0.25) is 0 Å². The Hall–Kier alpha value is -7.76. The second kappa shape index (κ2) is 13.5. The molecule has 0 spiro atoms. The minimum Gasteiger partial charge on any atom is -0.436 e. The molecule has 0 N–H and O–H groups in total. The standard InChI is InChI=1S/C52H32N4O/c1-3-13-34(14-4-1)49-54-50(35-15-5-2-6-16-35)56-51(55-49)36-27-25-33(26-28-36)40-23-12-24-47-48(40)53-52(57-47)39-18-11-17-37(31-39)38-29-30-45-43-21-8-7-19-41(43)42-20-9-10-22-44(42)46(45)32-38/h1-32H. The van der Waals surface area contributed by atoms with E-state index in [0.717, 1.165) is 55.6 Å². The van der Waals surface area contributed by atoms with Gasteiger partial charge in [0.25, 0.3) is 0 Å². The molecule has 0 aliphatic heterocycles. The van der Waals surface area contributed by atoms with E-state index in [2.05, 4.69) is 121 Å². The zero-order valence-corrected chi connectivity index (χ0v) is 30.7. The molecule has 0 aliphatic rings. The molecule has 57 heavy (non-hydrogen) atoms. The van der Waals surface area contributed by atoms with Crippen LogP contribution in [0.25, 0.3) is 111 Å². The van der Waals surface area contributed by atoms with E-state index >= 15 is 0 Å². The molecule has 0 atom stereocenters. The number of aromatic nitrogens is 4. The second-order valence-corrected chi connectivity index (χ2v) is 14.2. The summed E-state index contributed by atoms with van der Waals surface area (Å²) in [5.41, 5.74) is 9.51. The van der Waals surface area contributed by atoms with Crippen LogP contribution in [0.15, 0.2) is 199 Å². The lowest BCUT2D eigenvalue weighted by atomic mass is 9.92. The molecule has 2 heterocycles. The third kappa shape index (κ3) is 5.81. The first kappa shape index (κ1) is 32.7. The van der Waals surface area contributed by atoms with Gasteiger partial charge in [0.2, 0.25) is 5.89 Å². The summed E-state index contributed by atoms with van der Waals surface area (Å²) in [4.78, 5) is 19.7. The number of nitrogens with zero attached hydrogens (tertiary/aromatic N) is 4. The van der Waals surface area contributed by atoms with Crippen molar-refractivity contribution in [1.29, 1.82) is 0 Å². The molecule has 0 saturated carbocycles. The van der Waals surface area contributed by atoms with E-state index in [4.69, 9.17) is 24.4 Å². The maximum atomic E-state index is 6.45. The number of benzene rings is 9. The lowest BCUT2D eigenvalue weighted by Crippen LogP contribution is -2.00. The predicted molar refractivity (Wildman–Crippen MR) is 233 cm³/mol. The van der Waals surface area contributed by atoms with E-state index in [9.17, 15) is 0 Å². The fraction of sp³-hybridized carbons (Fsp3) is 0. The summed E-state index contributed by atoms with van der Waals surface area (Å²) >= 11 is 0. The minimum absolute atomic E-state index is 0.584. The highest BCUT2D eigenvalue weighted by Gasteiger charge is 2.16. The molecule has 0 aliphatic carbocycles. The Labute approximate surface area is 328 Å². The summed E-state index contributed by atoms with van der Waals surface area (Å²) in [6.07, 6.45) is 0. The Bertz CT molecular complexity index is 3190. The van der Waals surface area contributed by atoms with Gasteiger partial charge in [-0.2, -0.15) is 0 Å². The molecule has 0 unspecified atom stereocenters. The van der Waals surface area contributed by atoms with E-state index in [1.807, 2.05) is 72.8 Å². The van der Waals surface area contributed by atoms with Crippen LogP contribution >= 0.6 is 0 Å². The molecule has 0 fully saturated rings. The van der Waals surface area contributed by atoms with Crippen molar-refractivity contribution < 1.29 is 4.42 Å². The monoisotopic (exact) mass is 728 g/mol. The Morgan fingerprint density at radius 3 is 1.33 bits per heavy atom. The first-order valence-electron chi connectivity index (χ1n) is 19.0. The van der Waals surface area contributed by atoms with Crippen molar-refractivity contribution in [2.45, 2.75) is 0 Å². The number of rotatable bonds is 6. The topological polar surface area (TPSA) is 64.7 Å². The highest BCUT2D eigenvalue weighted by atomic mass is 16.3. The molecule has 11 aromatic rings. The maximum Gasteiger partial charge on any atom is 0.227 e. The molecule has 2 aromatic heterocycles. The third-order valence-electron chi connectivity index (χ3n) is 10.8. The molecule has 266 valence electrons. The van der Waals surface area contributed by atoms with E-state index in [-0.39, 0.29) is 0 Å². The van der Waals surface area contributed by atoms with Gasteiger partial charge < -0.3 is 4.42 Å². The van der Waals surface area contributed by atoms with Crippen LogP contribution in [0.4, 0.5) is 0 Å². The molecule has 9 aromatic carbocycles. The number of fused-ring (bicyclic) bond motifs is 7. The normalized spacial score (nSPS) is 11.5. The van der Waals surface area contributed by atoms with Crippen molar-refractivity contribution in [2.75, 3.05) is 0 Å². The summed E-state index contributed by atoms with van der Waals surface area (Å²) in [5.74, 6) is 2.47. The molecule has 5 heteroatoms. The fourth-order valence-electron chi connectivity index (χ4n) is 7.96. The molecule has 0 radical (unpaired) electrons. The number of hydrogen-bond donors (Lipinski definition) is 0. The SMILES string of the molecule is c1ccc(-c2nc(-c3ccccc3)nc(-c3ccc(-c4cccc5oc(-c6cccc(-c7ccc8c9ccccc9c9ccccc9c8c7)c6)nc45)cc3)n2)cc1. The average Bonchev–Trinajstić information content (AvgIpc) is 3.75. The van der Waals surface area contributed by atoms with Gasteiger partial charge in [-0.05, 0) is 73.3 Å². The Balaban J connectivity index is 0.945. The van der Waals surface area contributed by atoms with Crippen LogP contribution in [0, 0.1) is 0 Å². The Kier molecular flexibility index (Phi) is 7.74. The van der Waals surface area contributed by atoms with Crippen molar-refractivity contribution in [2.24, 2.45) is 0 Å². The first-order valence-corrected chi connectivity index (χ1v) is 19.0. The van der Waals surface area contributed by atoms with Gasteiger partial charge >= 0.3 is 0 Å². The zero-order valence-electron chi connectivity index (χ0n) is 30.7. The second-order valence-electron chi connectivity index (χ2n) is 14.2. The molecule has 0 bridgehead atoms. The fourth-order valence-corrected chi connectivity index (χ4v) is 7.96. The van der Waals surface area contributed by atoms with Gasteiger partial charge in [-0.25, -0.2) is 19.9 Å². The highest BCUT2D eigenvalue weighted by molar-refractivity contribution is 6.25. The van der Waals surface area contributed by atoms with Crippen LogP contribution in [0.3, 0.4) is 0 Å². The third-order valence-corrected chi connectivity index (χ3v) is 10.8. The predicted octanol–water partition coefficient (Wildman–Crippen LogP) is 13.5. The van der Waals surface area contributed by atoms with Crippen molar-refractivity contribution in [3.05, 3.63) is 194 Å². The lowest BCUT2D eigenvalue weighted by molar-refractivity contribution is 0.620. The van der Waals surface area contributed by atoms with E-state index in [0.29, 0.717) is 23.4 Å². The van der Waals surface area contributed by atoms with Crippen LogP contribution in [0.5, 0.6) is 0 Å². The van der Waals surface area contributed by atoms with Gasteiger partial charge in [0.1, 0.15) is 5.52 Å². The smallest absolute Gasteiger partial charge is 0.227 e. The largest absolute Gasteiger partial charge is 0.436 e. The minimum atomic E-state index is 0.584. The van der Waals surface area contributed by atoms with E-state index < -0.39 is 0 Å². The highest BCUT2D eigenvalue weighted by Crippen LogP contribution is 2.39. The molecule has 5 nitrogen and oxygen atoms in total. The van der Waals surface area contributed by atoms with Gasteiger partial charge in [0.05, 0.1) is 0 Å². The number of hydrogen-bond acceptors (Lipinski definition) is 5.